The molecule has 1 saturated heterocycles. The lowest BCUT2D eigenvalue weighted by Gasteiger charge is -2.27. The molecule has 0 radical (unpaired) electrons. The first-order chi connectivity index (χ1) is 12.8. The zero-order valence-corrected chi connectivity index (χ0v) is 16.5. The molecule has 0 unspecified atom stereocenters. The molecule has 1 N–H and O–H groups in total. The Morgan fingerprint density at radius 2 is 1.59 bits per heavy atom. The maximum Gasteiger partial charge on any atom is 0.251 e. The third-order valence-electron chi connectivity index (χ3n) is 4.90. The Bertz CT molecular complexity index is 888. The quantitative estimate of drug-likeness (QED) is 0.855. The van der Waals surface area contributed by atoms with E-state index >= 15 is 0 Å². The Balaban J connectivity index is 1.74. The second-order valence-corrected chi connectivity index (χ2v) is 9.24. The Kier molecular flexibility index (Phi) is 5.62. The Morgan fingerprint density at radius 1 is 1.00 bits per heavy atom. The van der Waals surface area contributed by atoms with E-state index in [1.54, 1.807) is 24.5 Å². The van der Waals surface area contributed by atoms with Gasteiger partial charge in [-0.2, -0.15) is 4.31 Å². The van der Waals surface area contributed by atoms with E-state index in [1.807, 2.05) is 26.0 Å². The Morgan fingerprint density at radius 3 is 2.19 bits per heavy atom. The van der Waals surface area contributed by atoms with Crippen molar-refractivity contribution in [3.05, 3.63) is 59.9 Å². The molecule has 1 aliphatic rings. The number of amides is 1. The fourth-order valence-electron chi connectivity index (χ4n) is 3.23. The van der Waals surface area contributed by atoms with Crippen LogP contribution in [0.15, 0.2) is 53.7 Å². The normalized spacial score (nSPS) is 16.1. The molecule has 0 saturated carbocycles. The fourth-order valence-corrected chi connectivity index (χ4v) is 4.75. The van der Waals surface area contributed by atoms with Crippen LogP contribution < -0.4 is 5.32 Å². The molecule has 27 heavy (non-hydrogen) atoms. The van der Waals surface area contributed by atoms with Crippen molar-refractivity contribution in [1.29, 1.82) is 0 Å². The summed E-state index contributed by atoms with van der Waals surface area (Å²) in [6.45, 7) is 4.94. The smallest absolute Gasteiger partial charge is 0.251 e. The molecule has 1 aromatic heterocycles. The van der Waals surface area contributed by atoms with Gasteiger partial charge in [0.15, 0.2) is 0 Å². The summed E-state index contributed by atoms with van der Waals surface area (Å²) in [5.74, 6) is -0.251. The molecule has 144 valence electrons. The first kappa shape index (κ1) is 19.5. The molecule has 2 heterocycles. The predicted octanol–water partition coefficient (Wildman–Crippen LogP) is 2.92. The summed E-state index contributed by atoms with van der Waals surface area (Å²) in [7, 11) is -3.49. The molecule has 1 aromatic carbocycles. The lowest BCUT2D eigenvalue weighted by atomic mass is 9.95. The van der Waals surface area contributed by atoms with Crippen LogP contribution in [0, 0.1) is 0 Å². The monoisotopic (exact) mass is 387 g/mol. The van der Waals surface area contributed by atoms with Crippen LogP contribution in [0.3, 0.4) is 0 Å². The van der Waals surface area contributed by atoms with Gasteiger partial charge in [-0.1, -0.05) is 6.42 Å². The molecular weight excluding hydrogens is 362 g/mol. The van der Waals surface area contributed by atoms with Crippen LogP contribution in [0.1, 0.15) is 49.0 Å². The van der Waals surface area contributed by atoms with E-state index in [-0.39, 0.29) is 10.8 Å². The highest BCUT2D eigenvalue weighted by Gasteiger charge is 2.27. The number of benzene rings is 1. The molecule has 2 aromatic rings. The van der Waals surface area contributed by atoms with Crippen molar-refractivity contribution >= 4 is 15.9 Å². The van der Waals surface area contributed by atoms with Crippen molar-refractivity contribution in [3.63, 3.8) is 0 Å². The van der Waals surface area contributed by atoms with Crippen LogP contribution in [-0.2, 0) is 15.6 Å². The predicted molar refractivity (Wildman–Crippen MR) is 104 cm³/mol. The molecular formula is C20H25N3O3S. The lowest BCUT2D eigenvalue weighted by molar-refractivity contribution is 0.0912. The summed E-state index contributed by atoms with van der Waals surface area (Å²) >= 11 is 0. The molecule has 1 amide bonds. The minimum absolute atomic E-state index is 0.231. The Labute approximate surface area is 160 Å². The van der Waals surface area contributed by atoms with Crippen LogP contribution >= 0.6 is 0 Å². The average molecular weight is 388 g/mol. The van der Waals surface area contributed by atoms with Gasteiger partial charge in [0.05, 0.1) is 10.4 Å². The second kappa shape index (κ2) is 7.78. The molecule has 0 atom stereocenters. The van der Waals surface area contributed by atoms with Gasteiger partial charge in [-0.15, -0.1) is 0 Å². The van der Waals surface area contributed by atoms with Crippen molar-refractivity contribution in [2.24, 2.45) is 0 Å². The maximum absolute atomic E-state index is 12.7. The molecule has 6 nitrogen and oxygen atoms in total. The van der Waals surface area contributed by atoms with Crippen LogP contribution in [0.2, 0.25) is 0 Å². The van der Waals surface area contributed by atoms with E-state index < -0.39 is 15.6 Å². The van der Waals surface area contributed by atoms with Gasteiger partial charge < -0.3 is 5.32 Å². The number of piperidine rings is 1. The standard InChI is InChI=1S/C20H25N3O3S/c1-20(2,17-10-12-21-13-11-17)22-19(24)16-6-8-18(9-7-16)27(25,26)23-14-4-3-5-15-23/h6-13H,3-5,14-15H2,1-2H3,(H,22,24). The molecule has 0 bridgehead atoms. The van der Waals surface area contributed by atoms with E-state index in [1.165, 1.54) is 16.4 Å². The second-order valence-electron chi connectivity index (χ2n) is 7.30. The number of nitrogens with one attached hydrogen (secondary N) is 1. The number of sulfonamides is 1. The van der Waals surface area contributed by atoms with E-state index in [4.69, 9.17) is 0 Å². The third-order valence-corrected chi connectivity index (χ3v) is 6.81. The highest BCUT2D eigenvalue weighted by Crippen LogP contribution is 2.22. The molecule has 0 spiro atoms. The van der Waals surface area contributed by atoms with E-state index in [0.29, 0.717) is 18.7 Å². The fraction of sp³-hybridized carbons (Fsp3) is 0.400. The lowest BCUT2D eigenvalue weighted by Crippen LogP contribution is -2.41. The van der Waals surface area contributed by atoms with E-state index in [9.17, 15) is 13.2 Å². The van der Waals surface area contributed by atoms with Crippen LogP contribution in [0.25, 0.3) is 0 Å². The number of nitrogens with zero attached hydrogens (tertiary/aromatic N) is 2. The maximum atomic E-state index is 12.7. The average Bonchev–Trinajstić information content (AvgIpc) is 2.69. The summed E-state index contributed by atoms with van der Waals surface area (Å²) in [4.78, 5) is 16.8. The van der Waals surface area contributed by atoms with Crippen molar-refractivity contribution in [3.8, 4) is 0 Å². The third kappa shape index (κ3) is 4.36. The van der Waals surface area contributed by atoms with Crippen molar-refractivity contribution in [2.45, 2.75) is 43.5 Å². The summed E-state index contributed by atoms with van der Waals surface area (Å²) in [5.41, 5.74) is 0.795. The van der Waals surface area contributed by atoms with Crippen molar-refractivity contribution in [2.75, 3.05) is 13.1 Å². The van der Waals surface area contributed by atoms with Gasteiger partial charge in [-0.25, -0.2) is 8.42 Å². The van der Waals surface area contributed by atoms with Crippen LogP contribution in [0.5, 0.6) is 0 Å². The number of rotatable bonds is 5. The van der Waals surface area contributed by atoms with Gasteiger partial charge in [0.25, 0.3) is 5.91 Å². The van der Waals surface area contributed by atoms with Gasteiger partial charge in [0, 0.05) is 31.0 Å². The zero-order chi connectivity index (χ0) is 19.5. The topological polar surface area (TPSA) is 79.4 Å². The minimum Gasteiger partial charge on any atom is -0.343 e. The van der Waals surface area contributed by atoms with Gasteiger partial charge in [-0.3, -0.25) is 9.78 Å². The number of carbonyl (C=O) groups excluding carboxylic acids is 1. The molecule has 0 aliphatic carbocycles. The molecule has 7 heteroatoms. The summed E-state index contributed by atoms with van der Waals surface area (Å²) in [6.07, 6.45) is 6.22. The molecule has 3 rings (SSSR count). The highest BCUT2D eigenvalue weighted by molar-refractivity contribution is 7.89. The van der Waals surface area contributed by atoms with E-state index in [2.05, 4.69) is 10.3 Å². The number of hydrogen-bond acceptors (Lipinski definition) is 4. The first-order valence-electron chi connectivity index (χ1n) is 9.14. The van der Waals surface area contributed by atoms with Crippen molar-refractivity contribution < 1.29 is 13.2 Å². The molecule has 1 fully saturated rings. The number of aromatic nitrogens is 1. The minimum atomic E-state index is -3.49. The van der Waals surface area contributed by atoms with Crippen LogP contribution in [-0.4, -0.2) is 36.7 Å². The van der Waals surface area contributed by atoms with Gasteiger partial charge in [0.1, 0.15) is 0 Å². The number of hydrogen-bond donors (Lipinski definition) is 1. The highest BCUT2D eigenvalue weighted by atomic mass is 32.2. The van der Waals surface area contributed by atoms with Crippen molar-refractivity contribution in [1.82, 2.24) is 14.6 Å². The summed E-state index contributed by atoms with van der Waals surface area (Å²) in [5, 5.41) is 2.98. The number of carbonyl (C=O) groups is 1. The van der Waals surface area contributed by atoms with Crippen LogP contribution in [0.4, 0.5) is 0 Å². The summed E-state index contributed by atoms with van der Waals surface area (Å²) in [6, 6.07) is 9.86. The Hall–Kier alpha value is -2.25. The summed E-state index contributed by atoms with van der Waals surface area (Å²) < 4.78 is 26.9. The SMILES string of the molecule is CC(C)(NC(=O)c1ccc(S(=O)(=O)N2CCCCC2)cc1)c1ccncc1. The van der Waals surface area contributed by atoms with Gasteiger partial charge in [0.2, 0.25) is 10.0 Å². The van der Waals surface area contributed by atoms with Gasteiger partial charge >= 0.3 is 0 Å². The first-order valence-corrected chi connectivity index (χ1v) is 10.6. The zero-order valence-electron chi connectivity index (χ0n) is 15.7. The number of pyridine rings is 1. The largest absolute Gasteiger partial charge is 0.343 e. The van der Waals surface area contributed by atoms with Gasteiger partial charge in [-0.05, 0) is 68.7 Å². The van der Waals surface area contributed by atoms with E-state index in [0.717, 1.165) is 24.8 Å². The molecule has 1 aliphatic heterocycles.